The van der Waals surface area contributed by atoms with Crippen LogP contribution in [-0.2, 0) is 0 Å². The van der Waals surface area contributed by atoms with Gasteiger partial charge < -0.3 is 5.11 Å². The largest absolute Gasteiger partial charge is 0.391 e. The summed E-state index contributed by atoms with van der Waals surface area (Å²) in [6.45, 7) is 6.99. The van der Waals surface area contributed by atoms with Gasteiger partial charge in [0.2, 0.25) is 0 Å². The Morgan fingerprint density at radius 2 is 2.00 bits per heavy atom. The van der Waals surface area contributed by atoms with Gasteiger partial charge in [-0.3, -0.25) is 0 Å². The average molecular weight is 242 g/mol. The third-order valence-corrected chi connectivity index (χ3v) is 6.56. The van der Waals surface area contributed by atoms with Crippen molar-refractivity contribution in [1.29, 1.82) is 0 Å². The van der Waals surface area contributed by atoms with Gasteiger partial charge in [0.05, 0.1) is 6.10 Å². The van der Waals surface area contributed by atoms with Crippen LogP contribution in [0, 0.1) is 17.8 Å². The molecule has 1 aliphatic heterocycles. The molecule has 0 bridgehead atoms. The molecule has 1 saturated carbocycles. The molecule has 94 valence electrons. The lowest BCUT2D eigenvalue weighted by molar-refractivity contribution is 0.0315. The van der Waals surface area contributed by atoms with Gasteiger partial charge in [0.15, 0.2) is 0 Å². The maximum Gasteiger partial charge on any atom is 0.0712 e. The van der Waals surface area contributed by atoms with Crippen LogP contribution in [0.3, 0.4) is 0 Å². The first-order valence-corrected chi connectivity index (χ1v) is 7.83. The van der Waals surface area contributed by atoms with E-state index in [0.29, 0.717) is 5.92 Å². The molecule has 1 N–H and O–H groups in total. The van der Waals surface area contributed by atoms with Crippen LogP contribution in [0.2, 0.25) is 0 Å². The van der Waals surface area contributed by atoms with Crippen molar-refractivity contribution in [2.24, 2.45) is 17.8 Å². The molecule has 5 atom stereocenters. The Morgan fingerprint density at radius 1 is 1.25 bits per heavy atom. The fourth-order valence-corrected chi connectivity index (χ4v) is 4.82. The van der Waals surface area contributed by atoms with Crippen LogP contribution in [-0.4, -0.2) is 21.7 Å². The van der Waals surface area contributed by atoms with E-state index in [1.165, 1.54) is 37.9 Å². The minimum Gasteiger partial charge on any atom is -0.391 e. The Labute approximate surface area is 104 Å². The second-order valence-electron chi connectivity index (χ2n) is 6.24. The second-order valence-corrected chi connectivity index (χ2v) is 7.87. The summed E-state index contributed by atoms with van der Waals surface area (Å²) in [5, 5.41) is 10.6. The molecule has 0 aromatic carbocycles. The van der Waals surface area contributed by atoms with Crippen molar-refractivity contribution in [3.05, 3.63) is 0 Å². The van der Waals surface area contributed by atoms with Crippen LogP contribution in [0.4, 0.5) is 0 Å². The first kappa shape index (κ1) is 12.8. The van der Waals surface area contributed by atoms with Crippen LogP contribution in [0.25, 0.3) is 0 Å². The fourth-order valence-electron chi connectivity index (χ4n) is 3.41. The SMILES string of the molecule is CC1CCC(C(O)C2(C)CCCS2)CC1C. The van der Waals surface area contributed by atoms with E-state index in [1.54, 1.807) is 0 Å². The highest BCUT2D eigenvalue weighted by Gasteiger charge is 2.42. The van der Waals surface area contributed by atoms with E-state index in [0.717, 1.165) is 11.8 Å². The van der Waals surface area contributed by atoms with Gasteiger partial charge in [0, 0.05) is 4.75 Å². The Bertz CT molecular complexity index is 235. The van der Waals surface area contributed by atoms with Crippen molar-refractivity contribution in [3.63, 3.8) is 0 Å². The molecule has 2 aliphatic rings. The van der Waals surface area contributed by atoms with Gasteiger partial charge >= 0.3 is 0 Å². The van der Waals surface area contributed by atoms with Gasteiger partial charge in [0.1, 0.15) is 0 Å². The topological polar surface area (TPSA) is 20.2 Å². The summed E-state index contributed by atoms with van der Waals surface area (Å²) >= 11 is 2.00. The molecular formula is C14H26OS. The van der Waals surface area contributed by atoms with Gasteiger partial charge in [-0.25, -0.2) is 0 Å². The molecule has 0 spiro atoms. The van der Waals surface area contributed by atoms with E-state index < -0.39 is 0 Å². The summed E-state index contributed by atoms with van der Waals surface area (Å²) in [7, 11) is 0. The van der Waals surface area contributed by atoms with E-state index in [4.69, 9.17) is 0 Å². The predicted molar refractivity (Wildman–Crippen MR) is 71.8 cm³/mol. The second kappa shape index (κ2) is 4.89. The molecule has 2 rings (SSSR count). The molecule has 16 heavy (non-hydrogen) atoms. The van der Waals surface area contributed by atoms with Crippen LogP contribution in [0.15, 0.2) is 0 Å². The Morgan fingerprint density at radius 3 is 2.56 bits per heavy atom. The summed E-state index contributed by atoms with van der Waals surface area (Å²) in [4.78, 5) is 0. The van der Waals surface area contributed by atoms with Crippen LogP contribution >= 0.6 is 11.8 Å². The first-order valence-electron chi connectivity index (χ1n) is 6.85. The van der Waals surface area contributed by atoms with Crippen molar-refractivity contribution in [2.75, 3.05) is 5.75 Å². The first-order chi connectivity index (χ1) is 7.53. The lowest BCUT2D eigenvalue weighted by Gasteiger charge is -2.40. The van der Waals surface area contributed by atoms with E-state index >= 15 is 0 Å². The number of aliphatic hydroxyl groups is 1. The summed E-state index contributed by atoms with van der Waals surface area (Å²) in [5.41, 5.74) is 0. The molecule has 1 nitrogen and oxygen atoms in total. The molecule has 0 aromatic rings. The van der Waals surface area contributed by atoms with Gasteiger partial charge in [-0.2, -0.15) is 11.8 Å². The third kappa shape index (κ3) is 2.43. The van der Waals surface area contributed by atoms with Crippen molar-refractivity contribution in [2.45, 2.75) is 63.7 Å². The highest BCUT2D eigenvalue weighted by atomic mass is 32.2. The quantitative estimate of drug-likeness (QED) is 0.796. The smallest absolute Gasteiger partial charge is 0.0712 e. The molecule has 0 amide bonds. The summed E-state index contributed by atoms with van der Waals surface area (Å²) in [5.74, 6) is 3.45. The maximum absolute atomic E-state index is 10.6. The molecule has 2 heteroatoms. The van der Waals surface area contributed by atoms with Crippen molar-refractivity contribution >= 4 is 11.8 Å². The molecule has 1 saturated heterocycles. The van der Waals surface area contributed by atoms with Crippen molar-refractivity contribution in [3.8, 4) is 0 Å². The number of hydrogen-bond acceptors (Lipinski definition) is 2. The third-order valence-electron chi connectivity index (χ3n) is 4.96. The molecule has 5 unspecified atom stereocenters. The molecule has 1 heterocycles. The summed E-state index contributed by atoms with van der Waals surface area (Å²) in [6, 6.07) is 0. The normalized spacial score (nSPS) is 46.9. The van der Waals surface area contributed by atoms with Gasteiger partial charge in [0.25, 0.3) is 0 Å². The highest BCUT2D eigenvalue weighted by molar-refractivity contribution is 8.00. The standard InChI is InChI=1S/C14H26OS/c1-10-5-6-12(9-11(10)2)13(15)14(3)7-4-8-16-14/h10-13,15H,4-9H2,1-3H3. The molecule has 1 aliphatic carbocycles. The molecule has 0 aromatic heterocycles. The minimum atomic E-state index is -0.0741. The van der Waals surface area contributed by atoms with Crippen molar-refractivity contribution < 1.29 is 5.11 Å². The average Bonchev–Trinajstić information content (AvgIpc) is 2.70. The summed E-state index contributed by atoms with van der Waals surface area (Å²) < 4.78 is 0.158. The zero-order chi connectivity index (χ0) is 11.8. The number of hydrogen-bond donors (Lipinski definition) is 1. The number of thioether (sulfide) groups is 1. The maximum atomic E-state index is 10.6. The lowest BCUT2D eigenvalue weighted by Crippen LogP contribution is -2.42. The van der Waals surface area contributed by atoms with Gasteiger partial charge in [-0.1, -0.05) is 20.3 Å². The van der Waals surface area contributed by atoms with E-state index in [1.807, 2.05) is 11.8 Å². The van der Waals surface area contributed by atoms with Crippen molar-refractivity contribution in [1.82, 2.24) is 0 Å². The Kier molecular flexibility index (Phi) is 3.90. The minimum absolute atomic E-state index is 0.0741. The monoisotopic (exact) mass is 242 g/mol. The van der Waals surface area contributed by atoms with E-state index in [-0.39, 0.29) is 10.9 Å². The molecular weight excluding hydrogens is 216 g/mol. The highest BCUT2D eigenvalue weighted by Crippen LogP contribution is 2.46. The Balaban J connectivity index is 1.97. The molecule has 0 radical (unpaired) electrons. The van der Waals surface area contributed by atoms with E-state index in [2.05, 4.69) is 20.8 Å². The number of aliphatic hydroxyl groups excluding tert-OH is 1. The van der Waals surface area contributed by atoms with Crippen LogP contribution in [0.5, 0.6) is 0 Å². The zero-order valence-electron chi connectivity index (χ0n) is 10.9. The Hall–Kier alpha value is 0.310. The van der Waals surface area contributed by atoms with Crippen LogP contribution < -0.4 is 0 Å². The summed E-state index contributed by atoms with van der Waals surface area (Å²) in [6.07, 6.45) is 6.20. The van der Waals surface area contributed by atoms with E-state index in [9.17, 15) is 5.11 Å². The van der Waals surface area contributed by atoms with Gasteiger partial charge in [-0.15, -0.1) is 0 Å². The molecule has 2 fully saturated rings. The number of rotatable bonds is 2. The lowest BCUT2D eigenvalue weighted by atomic mass is 9.71. The fraction of sp³-hybridized carbons (Fsp3) is 1.00. The zero-order valence-corrected chi connectivity index (χ0v) is 11.7. The van der Waals surface area contributed by atoms with Gasteiger partial charge in [-0.05, 0) is 56.1 Å². The van der Waals surface area contributed by atoms with Crippen LogP contribution in [0.1, 0.15) is 52.9 Å². The predicted octanol–water partition coefficient (Wildman–Crippen LogP) is 3.71.